The quantitative estimate of drug-likeness (QED) is 0.783. The summed E-state index contributed by atoms with van der Waals surface area (Å²) in [4.78, 5) is 2.30. The molecule has 19 heavy (non-hydrogen) atoms. The highest BCUT2D eigenvalue weighted by Gasteiger charge is 2.31. The van der Waals surface area contributed by atoms with Crippen molar-refractivity contribution in [1.29, 1.82) is 0 Å². The normalized spacial score (nSPS) is 14.1. The number of likely N-dealkylation sites (N-methyl/N-ethyl adjacent to an activating group) is 1. The Morgan fingerprint density at radius 3 is 2.53 bits per heavy atom. The molecule has 0 fully saturated rings. The van der Waals surface area contributed by atoms with E-state index in [1.54, 1.807) is 0 Å². The van der Waals surface area contributed by atoms with Crippen molar-refractivity contribution in [2.75, 3.05) is 20.6 Å². The lowest BCUT2D eigenvalue weighted by Crippen LogP contribution is -2.56. The highest BCUT2D eigenvalue weighted by Crippen LogP contribution is 2.19. The molecule has 0 amide bonds. The van der Waals surface area contributed by atoms with Crippen LogP contribution in [0.1, 0.15) is 39.7 Å². The topological polar surface area (TPSA) is 33.1 Å². The molecule has 0 aliphatic heterocycles. The van der Waals surface area contributed by atoms with Crippen LogP contribution in [-0.2, 0) is 13.0 Å². The van der Waals surface area contributed by atoms with Crippen molar-refractivity contribution >= 4 is 0 Å². The van der Waals surface area contributed by atoms with Gasteiger partial charge in [0.05, 0.1) is 6.20 Å². The van der Waals surface area contributed by atoms with Crippen molar-refractivity contribution in [3.05, 3.63) is 18.0 Å². The Labute approximate surface area is 118 Å². The molecule has 1 N–H and O–H groups in total. The third-order valence-corrected chi connectivity index (χ3v) is 4.10. The molecular weight excluding hydrogens is 236 g/mol. The van der Waals surface area contributed by atoms with E-state index < -0.39 is 0 Å². The van der Waals surface area contributed by atoms with Crippen molar-refractivity contribution in [1.82, 2.24) is 20.0 Å². The first-order valence-electron chi connectivity index (χ1n) is 7.33. The van der Waals surface area contributed by atoms with Gasteiger partial charge in [0.2, 0.25) is 0 Å². The van der Waals surface area contributed by atoms with E-state index in [1.165, 1.54) is 5.56 Å². The summed E-state index contributed by atoms with van der Waals surface area (Å²) in [5, 5.41) is 8.06. The molecular formula is C15H30N4. The van der Waals surface area contributed by atoms with Crippen molar-refractivity contribution < 1.29 is 0 Å². The van der Waals surface area contributed by atoms with Crippen LogP contribution < -0.4 is 5.32 Å². The molecule has 1 rings (SSSR count). The molecule has 0 aromatic carbocycles. The average Bonchev–Trinajstić information content (AvgIpc) is 2.81. The summed E-state index contributed by atoms with van der Waals surface area (Å²) >= 11 is 0. The van der Waals surface area contributed by atoms with Crippen molar-refractivity contribution in [2.24, 2.45) is 0 Å². The molecule has 4 heteroatoms. The molecule has 0 radical (unpaired) electrons. The first-order valence-corrected chi connectivity index (χ1v) is 7.33. The highest BCUT2D eigenvalue weighted by molar-refractivity contribution is 5.09. The fraction of sp³-hybridized carbons (Fsp3) is 0.800. The van der Waals surface area contributed by atoms with Gasteiger partial charge in [-0.1, -0.05) is 6.92 Å². The minimum absolute atomic E-state index is 0.115. The molecule has 0 aliphatic rings. The van der Waals surface area contributed by atoms with Gasteiger partial charge in [0.25, 0.3) is 0 Å². The molecule has 0 saturated heterocycles. The van der Waals surface area contributed by atoms with E-state index in [1.807, 2.05) is 10.9 Å². The van der Waals surface area contributed by atoms with Gasteiger partial charge in [-0.15, -0.1) is 0 Å². The van der Waals surface area contributed by atoms with Gasteiger partial charge >= 0.3 is 0 Å². The predicted octanol–water partition coefficient (Wildman–Crippen LogP) is 2.15. The van der Waals surface area contributed by atoms with E-state index in [-0.39, 0.29) is 5.54 Å². The van der Waals surface area contributed by atoms with Gasteiger partial charge in [0, 0.05) is 24.3 Å². The number of nitrogens with zero attached hydrogens (tertiary/aromatic N) is 3. The third kappa shape index (κ3) is 4.32. The molecule has 0 aliphatic carbocycles. The zero-order valence-corrected chi connectivity index (χ0v) is 13.4. The maximum absolute atomic E-state index is 4.37. The van der Waals surface area contributed by atoms with E-state index in [0.717, 1.165) is 25.9 Å². The second-order valence-corrected chi connectivity index (χ2v) is 5.96. The minimum atomic E-state index is 0.115. The highest BCUT2D eigenvalue weighted by atomic mass is 15.3. The number of aryl methyl sites for hydroxylation is 1. The minimum Gasteiger partial charge on any atom is -0.312 e. The Balaban J connectivity index is 2.79. The maximum atomic E-state index is 4.37. The molecule has 0 spiro atoms. The monoisotopic (exact) mass is 266 g/mol. The first kappa shape index (κ1) is 16.2. The molecule has 0 saturated carbocycles. The van der Waals surface area contributed by atoms with Crippen LogP contribution >= 0.6 is 0 Å². The lowest BCUT2D eigenvalue weighted by atomic mass is 9.88. The van der Waals surface area contributed by atoms with Crippen molar-refractivity contribution in [2.45, 2.75) is 58.7 Å². The molecule has 4 nitrogen and oxygen atoms in total. The second-order valence-electron chi connectivity index (χ2n) is 5.96. The van der Waals surface area contributed by atoms with Crippen LogP contribution in [0.2, 0.25) is 0 Å². The molecule has 1 aromatic rings. The van der Waals surface area contributed by atoms with Crippen LogP contribution in [0.25, 0.3) is 0 Å². The standard InChI is InChI=1S/C15H30N4/c1-7-9-16-14(15(3,4)18(5)6)10-13-11-17-19(8-2)12-13/h11-12,14,16H,7-10H2,1-6H3. The Bertz CT molecular complexity index is 368. The van der Waals surface area contributed by atoms with Crippen molar-refractivity contribution in [3.8, 4) is 0 Å². The number of hydrogen-bond acceptors (Lipinski definition) is 3. The van der Waals surface area contributed by atoms with E-state index in [2.05, 4.69) is 63.3 Å². The molecule has 1 atom stereocenters. The fourth-order valence-corrected chi connectivity index (χ4v) is 2.12. The summed E-state index contributed by atoms with van der Waals surface area (Å²) in [6.07, 6.45) is 6.33. The van der Waals surface area contributed by atoms with Crippen LogP contribution in [0.15, 0.2) is 12.4 Å². The van der Waals surface area contributed by atoms with Crippen LogP contribution in [-0.4, -0.2) is 46.9 Å². The number of rotatable bonds is 8. The molecule has 0 bridgehead atoms. The molecule has 1 unspecified atom stereocenters. The number of nitrogens with one attached hydrogen (secondary N) is 1. The van der Waals surface area contributed by atoms with Crippen LogP contribution in [0.3, 0.4) is 0 Å². The zero-order valence-electron chi connectivity index (χ0n) is 13.4. The van der Waals surface area contributed by atoms with Crippen molar-refractivity contribution in [3.63, 3.8) is 0 Å². The van der Waals surface area contributed by atoms with Gasteiger partial charge in [-0.2, -0.15) is 5.10 Å². The summed E-state index contributed by atoms with van der Waals surface area (Å²) in [6.45, 7) is 10.9. The SMILES string of the molecule is CCCNC(Cc1cnn(CC)c1)C(C)(C)N(C)C. The van der Waals surface area contributed by atoms with E-state index >= 15 is 0 Å². The van der Waals surface area contributed by atoms with Crippen LogP contribution in [0.4, 0.5) is 0 Å². The van der Waals surface area contributed by atoms with Gasteiger partial charge in [0.1, 0.15) is 0 Å². The average molecular weight is 266 g/mol. The second kappa shape index (κ2) is 7.06. The van der Waals surface area contributed by atoms with Crippen LogP contribution in [0.5, 0.6) is 0 Å². The Morgan fingerprint density at radius 2 is 2.05 bits per heavy atom. The fourth-order valence-electron chi connectivity index (χ4n) is 2.12. The Morgan fingerprint density at radius 1 is 1.37 bits per heavy atom. The van der Waals surface area contributed by atoms with E-state index in [9.17, 15) is 0 Å². The predicted molar refractivity (Wildman–Crippen MR) is 81.5 cm³/mol. The zero-order chi connectivity index (χ0) is 14.5. The largest absolute Gasteiger partial charge is 0.312 e. The van der Waals surface area contributed by atoms with E-state index in [0.29, 0.717) is 6.04 Å². The summed E-state index contributed by atoms with van der Waals surface area (Å²) in [7, 11) is 4.30. The van der Waals surface area contributed by atoms with E-state index in [4.69, 9.17) is 0 Å². The van der Waals surface area contributed by atoms with Gasteiger partial charge in [-0.25, -0.2) is 0 Å². The Hall–Kier alpha value is -0.870. The number of hydrogen-bond donors (Lipinski definition) is 1. The van der Waals surface area contributed by atoms with Gasteiger partial charge < -0.3 is 10.2 Å². The molecule has 110 valence electrons. The summed E-state index contributed by atoms with van der Waals surface area (Å²) in [5.74, 6) is 0. The van der Waals surface area contributed by atoms with Gasteiger partial charge in [0.15, 0.2) is 0 Å². The maximum Gasteiger partial charge on any atom is 0.0522 e. The van der Waals surface area contributed by atoms with Gasteiger partial charge in [-0.3, -0.25) is 4.68 Å². The molecule has 1 heterocycles. The summed E-state index contributed by atoms with van der Waals surface area (Å²) in [6, 6.07) is 0.428. The van der Waals surface area contributed by atoms with Crippen LogP contribution in [0, 0.1) is 0 Å². The molecule has 1 aromatic heterocycles. The lowest BCUT2D eigenvalue weighted by Gasteiger charge is -2.40. The smallest absolute Gasteiger partial charge is 0.0522 e. The third-order valence-electron chi connectivity index (χ3n) is 4.10. The summed E-state index contributed by atoms with van der Waals surface area (Å²) < 4.78 is 1.99. The van der Waals surface area contributed by atoms with Gasteiger partial charge in [-0.05, 0) is 59.8 Å². The summed E-state index contributed by atoms with van der Waals surface area (Å²) in [5.41, 5.74) is 1.43. The lowest BCUT2D eigenvalue weighted by molar-refractivity contribution is 0.137. The number of aromatic nitrogens is 2. The first-order chi connectivity index (χ1) is 8.91. The Kier molecular flexibility index (Phi) is 6.01.